The molecule has 0 saturated carbocycles. The third-order valence-corrected chi connectivity index (χ3v) is 5.19. The first-order valence-corrected chi connectivity index (χ1v) is 10.3. The Labute approximate surface area is 190 Å². The Hall–Kier alpha value is -3.90. The number of anilines is 1. The standard InChI is InChI=1S/C25H20ClN3O3/c1-32-25(31)19-14-12-18(13-15-19)21-22(26)28-23(27-16-17-8-4-2-5-9-17)24(30)29(21)20-10-6-3-7-11-20/h2-15H,16H2,1H3,(H,27,28). The average molecular weight is 446 g/mol. The summed E-state index contributed by atoms with van der Waals surface area (Å²) >= 11 is 6.60. The molecule has 1 aromatic heterocycles. The molecule has 32 heavy (non-hydrogen) atoms. The van der Waals surface area contributed by atoms with Crippen molar-refractivity contribution in [1.29, 1.82) is 0 Å². The number of nitrogens with zero attached hydrogens (tertiary/aromatic N) is 2. The summed E-state index contributed by atoms with van der Waals surface area (Å²) in [6, 6.07) is 25.6. The van der Waals surface area contributed by atoms with E-state index in [1.807, 2.05) is 60.7 Å². The Kier molecular flexibility index (Phi) is 6.33. The second-order valence-electron chi connectivity index (χ2n) is 6.98. The molecule has 0 aliphatic heterocycles. The quantitative estimate of drug-likeness (QED) is 0.425. The zero-order valence-electron chi connectivity index (χ0n) is 17.3. The minimum absolute atomic E-state index is 0.151. The highest BCUT2D eigenvalue weighted by atomic mass is 35.5. The monoisotopic (exact) mass is 445 g/mol. The molecule has 4 aromatic rings. The van der Waals surface area contributed by atoms with Gasteiger partial charge in [-0.25, -0.2) is 9.78 Å². The van der Waals surface area contributed by atoms with Crippen LogP contribution in [0.3, 0.4) is 0 Å². The first-order chi connectivity index (χ1) is 15.6. The normalized spacial score (nSPS) is 10.6. The molecule has 0 radical (unpaired) electrons. The van der Waals surface area contributed by atoms with Gasteiger partial charge in [-0.2, -0.15) is 0 Å². The fourth-order valence-corrected chi connectivity index (χ4v) is 3.63. The van der Waals surface area contributed by atoms with Gasteiger partial charge in [0.1, 0.15) is 0 Å². The van der Waals surface area contributed by atoms with Crippen molar-refractivity contribution in [2.24, 2.45) is 0 Å². The second-order valence-corrected chi connectivity index (χ2v) is 7.34. The number of halogens is 1. The first-order valence-electron chi connectivity index (χ1n) is 9.93. The Morgan fingerprint density at radius 2 is 1.59 bits per heavy atom. The summed E-state index contributed by atoms with van der Waals surface area (Å²) in [5.74, 6) is -0.292. The number of aromatic nitrogens is 2. The van der Waals surface area contributed by atoms with Gasteiger partial charge in [0.25, 0.3) is 5.56 Å². The molecule has 0 fully saturated rings. The number of carbonyl (C=O) groups is 1. The molecule has 0 aliphatic carbocycles. The van der Waals surface area contributed by atoms with Gasteiger partial charge in [0.15, 0.2) is 11.0 Å². The van der Waals surface area contributed by atoms with Crippen LogP contribution >= 0.6 is 11.6 Å². The Balaban J connectivity index is 1.82. The third-order valence-electron chi connectivity index (χ3n) is 4.93. The van der Waals surface area contributed by atoms with Crippen LogP contribution in [0.1, 0.15) is 15.9 Å². The number of nitrogens with one attached hydrogen (secondary N) is 1. The number of ether oxygens (including phenoxy) is 1. The lowest BCUT2D eigenvalue weighted by atomic mass is 10.1. The van der Waals surface area contributed by atoms with E-state index in [1.54, 1.807) is 24.3 Å². The molecule has 1 N–H and O–H groups in total. The maximum absolute atomic E-state index is 13.5. The van der Waals surface area contributed by atoms with Crippen molar-refractivity contribution in [1.82, 2.24) is 9.55 Å². The van der Waals surface area contributed by atoms with Crippen molar-refractivity contribution < 1.29 is 9.53 Å². The molecule has 0 bridgehead atoms. The topological polar surface area (TPSA) is 73.2 Å². The molecular formula is C25H20ClN3O3. The van der Waals surface area contributed by atoms with Crippen LogP contribution in [0.25, 0.3) is 16.9 Å². The lowest BCUT2D eigenvalue weighted by molar-refractivity contribution is 0.0601. The van der Waals surface area contributed by atoms with E-state index in [4.69, 9.17) is 16.3 Å². The number of esters is 1. The number of methoxy groups -OCH3 is 1. The van der Waals surface area contributed by atoms with E-state index in [9.17, 15) is 9.59 Å². The average Bonchev–Trinajstić information content (AvgIpc) is 2.85. The van der Waals surface area contributed by atoms with Gasteiger partial charge in [-0.1, -0.05) is 72.3 Å². The molecule has 0 amide bonds. The van der Waals surface area contributed by atoms with E-state index in [-0.39, 0.29) is 16.5 Å². The molecule has 0 spiro atoms. The molecule has 1 heterocycles. The minimum Gasteiger partial charge on any atom is -0.465 e. The Bertz CT molecular complexity index is 1290. The van der Waals surface area contributed by atoms with Gasteiger partial charge in [-0.3, -0.25) is 9.36 Å². The van der Waals surface area contributed by atoms with Crippen LogP contribution in [-0.4, -0.2) is 22.6 Å². The summed E-state index contributed by atoms with van der Waals surface area (Å²) in [6.07, 6.45) is 0. The van der Waals surface area contributed by atoms with Crippen molar-refractivity contribution in [2.75, 3.05) is 12.4 Å². The van der Waals surface area contributed by atoms with Gasteiger partial charge < -0.3 is 10.1 Å². The number of benzene rings is 3. The van der Waals surface area contributed by atoms with Crippen molar-refractivity contribution in [3.8, 4) is 16.9 Å². The molecule has 4 rings (SSSR count). The van der Waals surface area contributed by atoms with Gasteiger partial charge in [0.05, 0.1) is 18.4 Å². The Morgan fingerprint density at radius 1 is 0.969 bits per heavy atom. The van der Waals surface area contributed by atoms with Gasteiger partial charge >= 0.3 is 5.97 Å². The predicted octanol–water partition coefficient (Wildman–Crippen LogP) is 4.95. The number of para-hydroxylation sites is 1. The fourth-order valence-electron chi connectivity index (χ4n) is 3.35. The van der Waals surface area contributed by atoms with Crippen molar-refractivity contribution in [3.05, 3.63) is 112 Å². The number of rotatable bonds is 6. The molecule has 0 aliphatic rings. The second kappa shape index (κ2) is 9.49. The summed E-state index contributed by atoms with van der Waals surface area (Å²) in [7, 11) is 1.32. The fraction of sp³-hybridized carbons (Fsp3) is 0.0800. The number of carbonyl (C=O) groups excluding carboxylic acids is 1. The number of hydrogen-bond donors (Lipinski definition) is 1. The van der Waals surface area contributed by atoms with E-state index in [1.165, 1.54) is 11.7 Å². The highest BCUT2D eigenvalue weighted by Crippen LogP contribution is 2.29. The van der Waals surface area contributed by atoms with E-state index < -0.39 is 5.97 Å². The van der Waals surface area contributed by atoms with Crippen LogP contribution in [0.2, 0.25) is 5.15 Å². The zero-order chi connectivity index (χ0) is 22.5. The maximum Gasteiger partial charge on any atom is 0.337 e. The van der Waals surface area contributed by atoms with E-state index >= 15 is 0 Å². The van der Waals surface area contributed by atoms with Crippen LogP contribution < -0.4 is 10.9 Å². The molecule has 3 aromatic carbocycles. The molecule has 0 saturated heterocycles. The summed E-state index contributed by atoms with van der Waals surface area (Å²) in [4.78, 5) is 29.6. The third kappa shape index (κ3) is 4.40. The van der Waals surface area contributed by atoms with Crippen LogP contribution in [0.4, 0.5) is 5.82 Å². The predicted molar refractivity (Wildman–Crippen MR) is 125 cm³/mol. The highest BCUT2D eigenvalue weighted by molar-refractivity contribution is 6.32. The number of hydrogen-bond acceptors (Lipinski definition) is 5. The van der Waals surface area contributed by atoms with Gasteiger partial charge in [0, 0.05) is 17.8 Å². The van der Waals surface area contributed by atoms with Crippen LogP contribution in [-0.2, 0) is 11.3 Å². The van der Waals surface area contributed by atoms with Crippen molar-refractivity contribution >= 4 is 23.4 Å². The highest BCUT2D eigenvalue weighted by Gasteiger charge is 2.19. The van der Waals surface area contributed by atoms with Crippen molar-refractivity contribution in [2.45, 2.75) is 6.54 Å². The van der Waals surface area contributed by atoms with E-state index in [0.29, 0.717) is 29.1 Å². The summed E-state index contributed by atoms with van der Waals surface area (Å²) in [5.41, 5.74) is 2.81. The van der Waals surface area contributed by atoms with E-state index in [0.717, 1.165) is 5.56 Å². The smallest absolute Gasteiger partial charge is 0.337 e. The molecule has 7 heteroatoms. The maximum atomic E-state index is 13.5. The minimum atomic E-state index is -0.443. The summed E-state index contributed by atoms with van der Waals surface area (Å²) < 4.78 is 6.28. The first kappa shape index (κ1) is 21.3. The van der Waals surface area contributed by atoms with Crippen LogP contribution in [0, 0.1) is 0 Å². The van der Waals surface area contributed by atoms with Crippen LogP contribution in [0.5, 0.6) is 0 Å². The Morgan fingerprint density at radius 3 is 2.22 bits per heavy atom. The molecule has 160 valence electrons. The molecule has 6 nitrogen and oxygen atoms in total. The van der Waals surface area contributed by atoms with Crippen molar-refractivity contribution in [3.63, 3.8) is 0 Å². The van der Waals surface area contributed by atoms with Gasteiger partial charge in [0.2, 0.25) is 0 Å². The lowest BCUT2D eigenvalue weighted by Gasteiger charge is -2.17. The van der Waals surface area contributed by atoms with Gasteiger partial charge in [-0.15, -0.1) is 0 Å². The SMILES string of the molecule is COC(=O)c1ccc(-c2c(Cl)nc(NCc3ccccc3)c(=O)n2-c2ccccc2)cc1. The van der Waals surface area contributed by atoms with E-state index in [2.05, 4.69) is 10.3 Å². The largest absolute Gasteiger partial charge is 0.465 e. The summed E-state index contributed by atoms with van der Waals surface area (Å²) in [5, 5.41) is 3.26. The van der Waals surface area contributed by atoms with Crippen LogP contribution in [0.15, 0.2) is 89.7 Å². The summed E-state index contributed by atoms with van der Waals surface area (Å²) in [6.45, 7) is 0.432. The van der Waals surface area contributed by atoms with Gasteiger partial charge in [-0.05, 0) is 29.8 Å². The molecule has 0 atom stereocenters. The molecule has 0 unspecified atom stereocenters. The lowest BCUT2D eigenvalue weighted by Crippen LogP contribution is -2.25. The zero-order valence-corrected chi connectivity index (χ0v) is 18.0. The molecular weight excluding hydrogens is 426 g/mol.